The lowest BCUT2D eigenvalue weighted by Crippen LogP contribution is -2.17. The number of aryl methyl sites for hydroxylation is 1. The Labute approximate surface area is 132 Å². The van der Waals surface area contributed by atoms with Crippen LogP contribution in [0.4, 0.5) is 5.69 Å². The van der Waals surface area contributed by atoms with E-state index in [2.05, 4.69) is 26.5 Å². The summed E-state index contributed by atoms with van der Waals surface area (Å²) >= 11 is 4.80. The number of carbonyl (C=O) groups excluding carboxylic acids is 1. The quantitative estimate of drug-likeness (QED) is 0.509. The van der Waals surface area contributed by atoms with Crippen molar-refractivity contribution >= 4 is 45.1 Å². The first-order valence-electron chi connectivity index (χ1n) is 5.80. The van der Waals surface area contributed by atoms with Gasteiger partial charge in [-0.05, 0) is 41.1 Å². The minimum atomic E-state index is -0.482. The zero-order chi connectivity index (χ0) is 15.4. The number of amides is 1. The van der Waals surface area contributed by atoms with Crippen LogP contribution in [0.5, 0.6) is 0 Å². The van der Waals surface area contributed by atoms with Crippen molar-refractivity contribution in [3.05, 3.63) is 60.2 Å². The molecule has 0 fully saturated rings. The van der Waals surface area contributed by atoms with Gasteiger partial charge in [-0.25, -0.2) is 5.43 Å². The molecule has 0 saturated heterocycles. The molecule has 0 aliphatic heterocycles. The molecule has 0 bridgehead atoms. The summed E-state index contributed by atoms with van der Waals surface area (Å²) in [4.78, 5) is 23.0. The molecule has 0 saturated carbocycles. The molecular formula is C13H10BrN3O3S. The first-order chi connectivity index (χ1) is 9.97. The molecule has 2 rings (SSSR count). The van der Waals surface area contributed by atoms with Gasteiger partial charge in [-0.2, -0.15) is 5.10 Å². The van der Waals surface area contributed by atoms with Crippen LogP contribution in [0, 0.1) is 17.0 Å². The van der Waals surface area contributed by atoms with Crippen LogP contribution in [-0.2, 0) is 0 Å². The second-order valence-electron chi connectivity index (χ2n) is 4.12. The Balaban J connectivity index is 2.05. The Hall–Kier alpha value is -2.06. The average Bonchev–Trinajstić information content (AvgIpc) is 2.83. The maximum atomic E-state index is 11.9. The summed E-state index contributed by atoms with van der Waals surface area (Å²) in [6.07, 6.45) is 1.53. The second kappa shape index (κ2) is 6.59. The van der Waals surface area contributed by atoms with Crippen LogP contribution in [0.1, 0.15) is 20.8 Å². The molecule has 21 heavy (non-hydrogen) atoms. The van der Waals surface area contributed by atoms with E-state index in [-0.39, 0.29) is 5.69 Å². The fourth-order valence-corrected chi connectivity index (χ4v) is 2.92. The Morgan fingerprint density at radius 3 is 2.81 bits per heavy atom. The van der Waals surface area contributed by atoms with Crippen LogP contribution in [0.2, 0.25) is 0 Å². The second-order valence-corrected chi connectivity index (χ2v) is 5.98. The summed E-state index contributed by atoms with van der Waals surface area (Å²) in [6, 6.07) is 6.04. The molecule has 1 N–H and O–H groups in total. The Kier molecular flexibility index (Phi) is 4.81. The van der Waals surface area contributed by atoms with Crippen LogP contribution in [0.15, 0.2) is 39.2 Å². The van der Waals surface area contributed by atoms with Gasteiger partial charge < -0.3 is 0 Å². The van der Waals surface area contributed by atoms with Gasteiger partial charge in [-0.1, -0.05) is 0 Å². The standard InChI is InChI=1S/C13H10BrN3O3S/c1-8-4-9(2-3-12(8)17(19)20)13(18)16-15-6-11-5-10(14)7-21-11/h2-7H,1H3,(H,16,18)/b15-6+. The molecule has 2 aromatic rings. The first-order valence-corrected chi connectivity index (χ1v) is 7.47. The van der Waals surface area contributed by atoms with Gasteiger partial charge >= 0.3 is 0 Å². The predicted octanol–water partition coefficient (Wildman–Crippen LogP) is 3.49. The molecule has 0 aliphatic carbocycles. The van der Waals surface area contributed by atoms with Gasteiger partial charge in [0.15, 0.2) is 0 Å². The molecule has 0 radical (unpaired) electrons. The van der Waals surface area contributed by atoms with Crippen molar-refractivity contribution in [2.45, 2.75) is 6.92 Å². The highest BCUT2D eigenvalue weighted by Crippen LogP contribution is 2.19. The number of hydrogen-bond acceptors (Lipinski definition) is 5. The smallest absolute Gasteiger partial charge is 0.267 e. The van der Waals surface area contributed by atoms with Crippen LogP contribution >= 0.6 is 27.3 Å². The molecule has 1 amide bonds. The van der Waals surface area contributed by atoms with Crippen molar-refractivity contribution in [2.24, 2.45) is 5.10 Å². The normalized spacial score (nSPS) is 10.8. The zero-order valence-corrected chi connectivity index (χ0v) is 13.3. The van der Waals surface area contributed by atoms with Gasteiger partial charge in [0.2, 0.25) is 0 Å². The number of hydrazone groups is 1. The Bertz CT molecular complexity index is 727. The number of nitro benzene ring substituents is 1. The number of thiophene rings is 1. The third kappa shape index (κ3) is 3.96. The van der Waals surface area contributed by atoms with Crippen molar-refractivity contribution in [3.63, 3.8) is 0 Å². The third-order valence-corrected chi connectivity index (χ3v) is 4.23. The van der Waals surface area contributed by atoms with Gasteiger partial charge in [0, 0.05) is 31.9 Å². The molecule has 0 atom stereocenters. The SMILES string of the molecule is Cc1cc(C(=O)N/N=C/c2cc(Br)cs2)ccc1[N+](=O)[O-]. The predicted molar refractivity (Wildman–Crippen MR) is 84.9 cm³/mol. The van der Waals surface area contributed by atoms with E-state index in [1.165, 1.54) is 35.8 Å². The lowest BCUT2D eigenvalue weighted by Gasteiger charge is -2.01. The van der Waals surface area contributed by atoms with E-state index < -0.39 is 10.8 Å². The zero-order valence-electron chi connectivity index (χ0n) is 10.9. The number of nitro groups is 1. The number of nitrogens with zero attached hydrogens (tertiary/aromatic N) is 2. The molecule has 0 spiro atoms. The van der Waals surface area contributed by atoms with Gasteiger partial charge in [0.05, 0.1) is 11.1 Å². The van der Waals surface area contributed by atoms with Crippen LogP contribution in [0.25, 0.3) is 0 Å². The molecule has 1 aromatic heterocycles. The number of rotatable bonds is 4. The van der Waals surface area contributed by atoms with E-state index in [0.717, 1.165) is 9.35 Å². The van der Waals surface area contributed by atoms with Crippen molar-refractivity contribution < 1.29 is 9.72 Å². The molecule has 1 heterocycles. The number of halogens is 1. The summed E-state index contributed by atoms with van der Waals surface area (Å²) < 4.78 is 0.950. The Morgan fingerprint density at radius 1 is 1.48 bits per heavy atom. The van der Waals surface area contributed by atoms with Gasteiger partial charge in [0.25, 0.3) is 11.6 Å². The molecular weight excluding hydrogens is 358 g/mol. The van der Waals surface area contributed by atoms with E-state index >= 15 is 0 Å². The third-order valence-electron chi connectivity index (χ3n) is 2.60. The van der Waals surface area contributed by atoms with E-state index in [9.17, 15) is 14.9 Å². The number of carbonyl (C=O) groups is 1. The first kappa shape index (κ1) is 15.3. The number of hydrogen-bond donors (Lipinski definition) is 1. The number of benzene rings is 1. The van der Waals surface area contributed by atoms with Crippen molar-refractivity contribution in [1.82, 2.24) is 5.43 Å². The van der Waals surface area contributed by atoms with Gasteiger partial charge in [0.1, 0.15) is 0 Å². The summed E-state index contributed by atoms with van der Waals surface area (Å²) in [5.41, 5.74) is 3.12. The lowest BCUT2D eigenvalue weighted by atomic mass is 10.1. The highest BCUT2D eigenvalue weighted by molar-refractivity contribution is 9.10. The highest BCUT2D eigenvalue weighted by Gasteiger charge is 2.13. The largest absolute Gasteiger partial charge is 0.272 e. The minimum Gasteiger partial charge on any atom is -0.267 e. The van der Waals surface area contributed by atoms with E-state index in [1.54, 1.807) is 6.92 Å². The van der Waals surface area contributed by atoms with E-state index in [0.29, 0.717) is 11.1 Å². The van der Waals surface area contributed by atoms with Crippen LogP contribution in [-0.4, -0.2) is 17.0 Å². The summed E-state index contributed by atoms with van der Waals surface area (Å²) in [6.45, 7) is 1.58. The Morgan fingerprint density at radius 2 is 2.24 bits per heavy atom. The summed E-state index contributed by atoms with van der Waals surface area (Å²) in [5, 5.41) is 16.5. The van der Waals surface area contributed by atoms with Crippen LogP contribution < -0.4 is 5.43 Å². The van der Waals surface area contributed by atoms with Crippen molar-refractivity contribution in [3.8, 4) is 0 Å². The van der Waals surface area contributed by atoms with Crippen molar-refractivity contribution in [1.29, 1.82) is 0 Å². The minimum absolute atomic E-state index is 0.0153. The van der Waals surface area contributed by atoms with Gasteiger partial charge in [-0.3, -0.25) is 14.9 Å². The molecule has 0 unspecified atom stereocenters. The summed E-state index contributed by atoms with van der Waals surface area (Å²) in [7, 11) is 0. The van der Waals surface area contributed by atoms with Crippen LogP contribution in [0.3, 0.4) is 0 Å². The fourth-order valence-electron chi connectivity index (χ4n) is 1.62. The van der Waals surface area contributed by atoms with E-state index in [4.69, 9.17) is 0 Å². The fraction of sp³-hybridized carbons (Fsp3) is 0.0769. The van der Waals surface area contributed by atoms with Gasteiger partial charge in [-0.15, -0.1) is 11.3 Å². The highest BCUT2D eigenvalue weighted by atomic mass is 79.9. The topological polar surface area (TPSA) is 84.6 Å². The average molecular weight is 368 g/mol. The van der Waals surface area contributed by atoms with E-state index in [1.807, 2.05) is 11.4 Å². The monoisotopic (exact) mass is 367 g/mol. The maximum absolute atomic E-state index is 11.9. The molecule has 6 nitrogen and oxygen atoms in total. The number of nitrogens with one attached hydrogen (secondary N) is 1. The molecule has 8 heteroatoms. The van der Waals surface area contributed by atoms with Crippen molar-refractivity contribution in [2.75, 3.05) is 0 Å². The maximum Gasteiger partial charge on any atom is 0.272 e. The molecule has 0 aliphatic rings. The summed E-state index contributed by atoms with van der Waals surface area (Å²) in [5.74, 6) is -0.417. The molecule has 108 valence electrons. The molecule has 1 aromatic carbocycles. The lowest BCUT2D eigenvalue weighted by molar-refractivity contribution is -0.385.